The van der Waals surface area contributed by atoms with Crippen LogP contribution in [0.1, 0.15) is 33.6 Å². The van der Waals surface area contributed by atoms with Gasteiger partial charge in [0.05, 0.1) is 11.1 Å². The van der Waals surface area contributed by atoms with Gasteiger partial charge in [0.25, 0.3) is 0 Å². The number of aryl methyl sites for hydroxylation is 1. The first-order valence-electron chi connectivity index (χ1n) is 8.93. The van der Waals surface area contributed by atoms with Gasteiger partial charge in [-0.15, -0.1) is 0 Å². The second-order valence-electron chi connectivity index (χ2n) is 7.70. The van der Waals surface area contributed by atoms with Gasteiger partial charge in [-0.05, 0) is 11.5 Å². The summed E-state index contributed by atoms with van der Waals surface area (Å²) in [7, 11) is 0. The van der Waals surface area contributed by atoms with E-state index in [0.29, 0.717) is 54.2 Å². The van der Waals surface area contributed by atoms with Gasteiger partial charge in [0.1, 0.15) is 5.82 Å². The number of hydrogen-bond acceptors (Lipinski definition) is 6. The number of aromatic nitrogens is 3. The average Bonchev–Trinajstić information content (AvgIpc) is 3.09. The van der Waals surface area contributed by atoms with Gasteiger partial charge in [-0.25, -0.2) is 9.78 Å². The number of piperazine rings is 1. The van der Waals surface area contributed by atoms with Crippen LogP contribution >= 0.6 is 11.6 Å². The van der Waals surface area contributed by atoms with Crippen LogP contribution in [0.5, 0.6) is 0 Å². The third kappa shape index (κ3) is 4.00. The van der Waals surface area contributed by atoms with E-state index < -0.39 is 6.09 Å². The van der Waals surface area contributed by atoms with E-state index in [1.165, 1.54) is 4.90 Å². The van der Waals surface area contributed by atoms with Crippen LogP contribution in [0, 0.1) is 5.41 Å². The van der Waals surface area contributed by atoms with Crippen molar-refractivity contribution in [1.29, 1.82) is 0 Å². The summed E-state index contributed by atoms with van der Waals surface area (Å²) in [5, 5.41) is 13.9. The molecule has 0 radical (unpaired) electrons. The van der Waals surface area contributed by atoms with Crippen LogP contribution in [-0.4, -0.2) is 56.9 Å². The van der Waals surface area contributed by atoms with Crippen molar-refractivity contribution in [2.75, 3.05) is 24.5 Å². The number of amides is 1. The lowest BCUT2D eigenvalue weighted by Gasteiger charge is -2.46. The van der Waals surface area contributed by atoms with Crippen molar-refractivity contribution < 1.29 is 14.4 Å². The smallest absolute Gasteiger partial charge is 0.407 e. The molecule has 9 heteroatoms. The molecule has 1 unspecified atom stereocenters. The van der Waals surface area contributed by atoms with Crippen LogP contribution in [0.25, 0.3) is 11.4 Å². The molecule has 1 aliphatic heterocycles. The highest BCUT2D eigenvalue weighted by atomic mass is 35.5. The van der Waals surface area contributed by atoms with Gasteiger partial charge in [-0.2, -0.15) is 4.98 Å². The van der Waals surface area contributed by atoms with Crippen molar-refractivity contribution in [2.24, 2.45) is 5.41 Å². The Bertz CT molecular complexity index is 833. The quantitative estimate of drug-likeness (QED) is 0.851. The Kier molecular flexibility index (Phi) is 5.28. The Balaban J connectivity index is 1.85. The monoisotopic (exact) mass is 393 g/mol. The Morgan fingerprint density at radius 2 is 2.15 bits per heavy atom. The standard InChI is InChI=1S/C18H24ClN5O3/c1-5-14-21-15(22-27-14)11-8-12(19)16(20-9-11)23-6-7-24(17(25)26)13(10-23)18(2,3)4/h8-9,13H,5-7,10H2,1-4H3,(H,25,26). The van der Waals surface area contributed by atoms with Gasteiger partial charge in [0.15, 0.2) is 0 Å². The molecule has 2 aromatic heterocycles. The molecule has 0 aliphatic carbocycles. The largest absolute Gasteiger partial charge is 0.465 e. The number of hydrogen-bond donors (Lipinski definition) is 1. The highest BCUT2D eigenvalue weighted by Gasteiger charge is 2.38. The summed E-state index contributed by atoms with van der Waals surface area (Å²) in [6.07, 6.45) is 1.43. The van der Waals surface area contributed by atoms with Crippen molar-refractivity contribution in [3.63, 3.8) is 0 Å². The molecule has 0 aromatic carbocycles. The molecule has 146 valence electrons. The van der Waals surface area contributed by atoms with E-state index >= 15 is 0 Å². The van der Waals surface area contributed by atoms with Gasteiger partial charge in [-0.1, -0.05) is 44.5 Å². The summed E-state index contributed by atoms with van der Waals surface area (Å²) in [6.45, 7) is 9.53. The average molecular weight is 394 g/mol. The van der Waals surface area contributed by atoms with E-state index in [-0.39, 0.29) is 11.5 Å². The first-order chi connectivity index (χ1) is 12.7. The van der Waals surface area contributed by atoms with Crippen molar-refractivity contribution in [1.82, 2.24) is 20.0 Å². The maximum Gasteiger partial charge on any atom is 0.407 e. The van der Waals surface area contributed by atoms with E-state index in [1.54, 1.807) is 12.3 Å². The van der Waals surface area contributed by atoms with E-state index in [9.17, 15) is 9.90 Å². The maximum absolute atomic E-state index is 11.6. The normalized spacial score (nSPS) is 18.0. The van der Waals surface area contributed by atoms with Crippen molar-refractivity contribution in [3.05, 3.63) is 23.2 Å². The SMILES string of the molecule is CCc1nc(-c2cnc(N3CCN(C(=O)O)C(C(C)(C)C)C3)c(Cl)c2)no1. The van der Waals surface area contributed by atoms with Crippen molar-refractivity contribution in [2.45, 2.75) is 40.2 Å². The maximum atomic E-state index is 11.6. The summed E-state index contributed by atoms with van der Waals surface area (Å²) in [5.74, 6) is 1.65. The number of halogens is 1. The molecule has 1 aliphatic rings. The molecule has 8 nitrogen and oxygen atoms in total. The van der Waals surface area contributed by atoms with Crippen LogP contribution in [-0.2, 0) is 6.42 Å². The second kappa shape index (κ2) is 7.34. The molecule has 27 heavy (non-hydrogen) atoms. The third-order valence-corrected chi connectivity index (χ3v) is 5.05. The number of carbonyl (C=O) groups is 1. The van der Waals surface area contributed by atoms with Crippen LogP contribution in [0.4, 0.5) is 10.6 Å². The first kappa shape index (κ1) is 19.4. The number of carboxylic acid groups (broad SMARTS) is 1. The fourth-order valence-electron chi connectivity index (χ4n) is 3.25. The predicted molar refractivity (Wildman–Crippen MR) is 102 cm³/mol. The highest BCUT2D eigenvalue weighted by Crippen LogP contribution is 2.33. The van der Waals surface area contributed by atoms with Gasteiger partial charge in [-0.3, -0.25) is 0 Å². The molecule has 1 atom stereocenters. The van der Waals surface area contributed by atoms with Crippen molar-refractivity contribution >= 4 is 23.5 Å². The molecule has 1 saturated heterocycles. The highest BCUT2D eigenvalue weighted by molar-refractivity contribution is 6.33. The minimum atomic E-state index is -0.896. The van der Waals surface area contributed by atoms with Gasteiger partial charge < -0.3 is 19.4 Å². The van der Waals surface area contributed by atoms with Crippen LogP contribution < -0.4 is 4.90 Å². The Hall–Kier alpha value is -2.35. The molecule has 0 bridgehead atoms. The zero-order valence-corrected chi connectivity index (χ0v) is 16.7. The molecular weight excluding hydrogens is 370 g/mol. The number of nitrogens with zero attached hydrogens (tertiary/aromatic N) is 5. The molecule has 0 spiro atoms. The molecule has 1 fully saturated rings. The zero-order valence-electron chi connectivity index (χ0n) is 15.9. The summed E-state index contributed by atoms with van der Waals surface area (Å²) >= 11 is 6.49. The van der Waals surface area contributed by atoms with Crippen LogP contribution in [0.15, 0.2) is 16.8 Å². The molecule has 2 aromatic rings. The summed E-state index contributed by atoms with van der Waals surface area (Å²) in [4.78, 5) is 23.9. The molecule has 0 saturated carbocycles. The lowest BCUT2D eigenvalue weighted by Crippen LogP contribution is -2.59. The fraction of sp³-hybridized carbons (Fsp3) is 0.556. The fourth-order valence-corrected chi connectivity index (χ4v) is 3.53. The van der Waals surface area contributed by atoms with E-state index in [2.05, 4.69) is 15.1 Å². The summed E-state index contributed by atoms with van der Waals surface area (Å²) in [6, 6.07) is 1.61. The Morgan fingerprint density at radius 3 is 2.70 bits per heavy atom. The zero-order chi connectivity index (χ0) is 19.8. The van der Waals surface area contributed by atoms with Gasteiger partial charge in [0, 0.05) is 37.8 Å². The molecule has 1 N–H and O–H groups in total. The van der Waals surface area contributed by atoms with Gasteiger partial charge in [0.2, 0.25) is 11.7 Å². The third-order valence-electron chi connectivity index (χ3n) is 4.78. The molecule has 1 amide bonds. The predicted octanol–water partition coefficient (Wildman–Crippen LogP) is 3.56. The minimum absolute atomic E-state index is 0.161. The van der Waals surface area contributed by atoms with Crippen LogP contribution in [0.3, 0.4) is 0 Å². The van der Waals surface area contributed by atoms with Crippen molar-refractivity contribution in [3.8, 4) is 11.4 Å². The number of pyridine rings is 1. The lowest BCUT2D eigenvalue weighted by atomic mass is 9.84. The van der Waals surface area contributed by atoms with E-state index in [0.717, 1.165) is 0 Å². The number of rotatable bonds is 3. The Labute approximate surface area is 163 Å². The molecule has 3 rings (SSSR count). The van der Waals surface area contributed by atoms with E-state index in [4.69, 9.17) is 16.1 Å². The second-order valence-corrected chi connectivity index (χ2v) is 8.11. The van der Waals surface area contributed by atoms with Crippen LogP contribution in [0.2, 0.25) is 5.02 Å². The molecular formula is C18H24ClN5O3. The lowest BCUT2D eigenvalue weighted by molar-refractivity contribution is 0.0747. The topological polar surface area (TPSA) is 95.6 Å². The van der Waals surface area contributed by atoms with Gasteiger partial charge >= 0.3 is 6.09 Å². The summed E-state index contributed by atoms with van der Waals surface area (Å²) < 4.78 is 5.14. The minimum Gasteiger partial charge on any atom is -0.465 e. The number of anilines is 1. The van der Waals surface area contributed by atoms with E-state index in [1.807, 2.05) is 32.6 Å². The summed E-state index contributed by atoms with van der Waals surface area (Å²) in [5.41, 5.74) is 0.480. The Morgan fingerprint density at radius 1 is 1.41 bits per heavy atom. The first-order valence-corrected chi connectivity index (χ1v) is 9.31. The molecule has 3 heterocycles.